The Bertz CT molecular complexity index is 780. The molecule has 0 bridgehead atoms. The molecule has 1 heterocycles. The average molecular weight is 417 g/mol. The molecule has 0 aromatic heterocycles. The van der Waals surface area contributed by atoms with Crippen LogP contribution in [0.15, 0.2) is 36.4 Å². The van der Waals surface area contributed by atoms with Gasteiger partial charge in [0.15, 0.2) is 17.9 Å². The number of halogens is 2. The molecular formula is C26H34F2O2. The summed E-state index contributed by atoms with van der Waals surface area (Å²) in [6.07, 6.45) is 9.98. The van der Waals surface area contributed by atoms with E-state index in [-0.39, 0.29) is 11.9 Å². The standard InChI is InChI=1S/C26H34F2O2/c1-3-4-5-6-7-8-9-10-20-17-29-26(30-18-20)22-14-12-21(13-15-22)23-16-11-19(2)24(27)25(23)28/h11-16,20,26H,3-10,17-18H2,1-2H3. The topological polar surface area (TPSA) is 18.5 Å². The molecule has 3 rings (SSSR count). The van der Waals surface area contributed by atoms with E-state index < -0.39 is 11.6 Å². The quantitative estimate of drug-likeness (QED) is 0.369. The summed E-state index contributed by atoms with van der Waals surface area (Å²) >= 11 is 0. The van der Waals surface area contributed by atoms with Gasteiger partial charge in [-0.3, -0.25) is 0 Å². The van der Waals surface area contributed by atoms with Crippen LogP contribution in [-0.4, -0.2) is 13.2 Å². The van der Waals surface area contributed by atoms with Gasteiger partial charge in [-0.1, -0.05) is 88.3 Å². The number of aryl methyl sites for hydroxylation is 1. The third-order valence-corrected chi connectivity index (χ3v) is 5.95. The number of benzene rings is 2. The molecule has 0 N–H and O–H groups in total. The van der Waals surface area contributed by atoms with Gasteiger partial charge in [0.2, 0.25) is 0 Å². The molecule has 0 spiro atoms. The number of ether oxygens (including phenoxy) is 2. The normalized spacial score (nSPS) is 19.2. The van der Waals surface area contributed by atoms with Crippen LogP contribution >= 0.6 is 0 Å². The lowest BCUT2D eigenvalue weighted by molar-refractivity contribution is -0.206. The zero-order chi connectivity index (χ0) is 21.3. The average Bonchev–Trinajstić information content (AvgIpc) is 2.78. The van der Waals surface area contributed by atoms with Crippen molar-refractivity contribution in [1.82, 2.24) is 0 Å². The summed E-state index contributed by atoms with van der Waals surface area (Å²) < 4.78 is 39.9. The molecule has 0 atom stereocenters. The zero-order valence-electron chi connectivity index (χ0n) is 18.3. The second-order valence-corrected chi connectivity index (χ2v) is 8.45. The van der Waals surface area contributed by atoms with E-state index in [0.29, 0.717) is 30.3 Å². The molecule has 0 saturated carbocycles. The molecule has 1 aliphatic heterocycles. The maximum absolute atomic E-state index is 14.2. The van der Waals surface area contributed by atoms with Gasteiger partial charge in [0, 0.05) is 17.0 Å². The van der Waals surface area contributed by atoms with E-state index in [2.05, 4.69) is 6.92 Å². The second-order valence-electron chi connectivity index (χ2n) is 8.45. The van der Waals surface area contributed by atoms with Gasteiger partial charge in [0.05, 0.1) is 13.2 Å². The molecule has 4 heteroatoms. The second kappa shape index (κ2) is 11.6. The Balaban J connectivity index is 1.45. The van der Waals surface area contributed by atoms with Crippen molar-refractivity contribution in [1.29, 1.82) is 0 Å². The third-order valence-electron chi connectivity index (χ3n) is 5.95. The molecule has 1 fully saturated rings. The summed E-state index contributed by atoms with van der Waals surface area (Å²) in [5, 5.41) is 0. The van der Waals surface area contributed by atoms with Crippen LogP contribution in [0.25, 0.3) is 11.1 Å². The molecule has 2 aromatic rings. The number of hydrogen-bond acceptors (Lipinski definition) is 2. The molecular weight excluding hydrogens is 382 g/mol. The van der Waals surface area contributed by atoms with Crippen LogP contribution in [0.3, 0.4) is 0 Å². The Labute approximate surface area is 179 Å². The molecule has 0 amide bonds. The lowest BCUT2D eigenvalue weighted by Gasteiger charge is -2.29. The van der Waals surface area contributed by atoms with Crippen molar-refractivity contribution in [3.8, 4) is 11.1 Å². The highest BCUT2D eigenvalue weighted by Gasteiger charge is 2.23. The summed E-state index contributed by atoms with van der Waals surface area (Å²) in [5.74, 6) is -1.13. The summed E-state index contributed by atoms with van der Waals surface area (Å²) in [6, 6.07) is 10.5. The lowest BCUT2D eigenvalue weighted by atomic mass is 10.00. The molecule has 1 aliphatic rings. The minimum absolute atomic E-state index is 0.268. The van der Waals surface area contributed by atoms with Crippen molar-refractivity contribution < 1.29 is 18.3 Å². The van der Waals surface area contributed by atoms with Crippen molar-refractivity contribution in [3.63, 3.8) is 0 Å². The number of hydrogen-bond donors (Lipinski definition) is 0. The Kier molecular flexibility index (Phi) is 8.83. The van der Waals surface area contributed by atoms with Gasteiger partial charge in [-0.05, 0) is 24.5 Å². The fraction of sp³-hybridized carbons (Fsp3) is 0.538. The van der Waals surface area contributed by atoms with E-state index in [4.69, 9.17) is 9.47 Å². The first-order chi connectivity index (χ1) is 14.6. The Hall–Kier alpha value is -1.78. The van der Waals surface area contributed by atoms with Gasteiger partial charge in [-0.15, -0.1) is 0 Å². The summed E-state index contributed by atoms with van der Waals surface area (Å²) in [7, 11) is 0. The maximum atomic E-state index is 14.2. The molecule has 0 radical (unpaired) electrons. The largest absolute Gasteiger partial charge is 0.348 e. The van der Waals surface area contributed by atoms with Crippen molar-refractivity contribution in [2.24, 2.45) is 5.92 Å². The Morgan fingerprint density at radius 3 is 2.10 bits per heavy atom. The molecule has 1 saturated heterocycles. The van der Waals surface area contributed by atoms with Crippen molar-refractivity contribution in [3.05, 3.63) is 59.2 Å². The van der Waals surface area contributed by atoms with Crippen LogP contribution < -0.4 is 0 Å². The van der Waals surface area contributed by atoms with Crippen molar-refractivity contribution in [2.45, 2.75) is 71.5 Å². The first kappa shape index (κ1) is 22.9. The van der Waals surface area contributed by atoms with E-state index >= 15 is 0 Å². The summed E-state index contributed by atoms with van der Waals surface area (Å²) in [5.41, 5.74) is 2.12. The minimum Gasteiger partial charge on any atom is -0.348 e. The lowest BCUT2D eigenvalue weighted by Crippen LogP contribution is -2.27. The fourth-order valence-electron chi connectivity index (χ4n) is 3.98. The van der Waals surface area contributed by atoms with Crippen LogP contribution in [0, 0.1) is 24.5 Å². The van der Waals surface area contributed by atoms with Crippen LogP contribution in [-0.2, 0) is 9.47 Å². The van der Waals surface area contributed by atoms with Gasteiger partial charge in [-0.25, -0.2) is 8.78 Å². The molecule has 30 heavy (non-hydrogen) atoms. The van der Waals surface area contributed by atoms with Crippen LogP contribution in [0.2, 0.25) is 0 Å². The summed E-state index contributed by atoms with van der Waals surface area (Å²) in [4.78, 5) is 0. The molecule has 0 unspecified atom stereocenters. The van der Waals surface area contributed by atoms with Gasteiger partial charge < -0.3 is 9.47 Å². The zero-order valence-corrected chi connectivity index (χ0v) is 18.3. The Morgan fingerprint density at radius 1 is 0.800 bits per heavy atom. The van der Waals surface area contributed by atoms with Gasteiger partial charge in [0.1, 0.15) is 0 Å². The predicted molar refractivity (Wildman–Crippen MR) is 117 cm³/mol. The number of unbranched alkanes of at least 4 members (excludes halogenated alkanes) is 6. The highest BCUT2D eigenvalue weighted by molar-refractivity contribution is 5.65. The van der Waals surface area contributed by atoms with Gasteiger partial charge >= 0.3 is 0 Å². The monoisotopic (exact) mass is 416 g/mol. The number of rotatable bonds is 10. The third kappa shape index (κ3) is 6.12. The van der Waals surface area contributed by atoms with Crippen LogP contribution in [0.1, 0.15) is 75.7 Å². The van der Waals surface area contributed by atoms with Crippen LogP contribution in [0.5, 0.6) is 0 Å². The molecule has 0 aliphatic carbocycles. The van der Waals surface area contributed by atoms with E-state index in [9.17, 15) is 8.78 Å². The van der Waals surface area contributed by atoms with E-state index in [0.717, 1.165) is 12.0 Å². The molecule has 2 aromatic carbocycles. The first-order valence-corrected chi connectivity index (χ1v) is 11.4. The SMILES string of the molecule is CCCCCCCCCC1COC(c2ccc(-c3ccc(C)c(F)c3F)cc2)OC1. The molecule has 2 nitrogen and oxygen atoms in total. The maximum Gasteiger partial charge on any atom is 0.183 e. The van der Waals surface area contributed by atoms with Gasteiger partial charge in [-0.2, -0.15) is 0 Å². The van der Waals surface area contributed by atoms with Crippen molar-refractivity contribution in [2.75, 3.05) is 13.2 Å². The summed E-state index contributed by atoms with van der Waals surface area (Å²) in [6.45, 7) is 5.22. The minimum atomic E-state index is -0.805. The fourth-order valence-corrected chi connectivity index (χ4v) is 3.98. The smallest absolute Gasteiger partial charge is 0.183 e. The van der Waals surface area contributed by atoms with E-state index in [1.807, 2.05) is 12.1 Å². The highest BCUT2D eigenvalue weighted by Crippen LogP contribution is 2.31. The van der Waals surface area contributed by atoms with E-state index in [1.54, 1.807) is 31.2 Å². The predicted octanol–water partition coefficient (Wildman–Crippen LogP) is 7.74. The van der Waals surface area contributed by atoms with Crippen molar-refractivity contribution >= 4 is 0 Å². The van der Waals surface area contributed by atoms with Crippen LogP contribution in [0.4, 0.5) is 8.78 Å². The Morgan fingerprint density at radius 2 is 1.43 bits per heavy atom. The highest BCUT2D eigenvalue weighted by atomic mass is 19.2. The molecule has 164 valence electrons. The van der Waals surface area contributed by atoms with E-state index in [1.165, 1.54) is 44.9 Å². The first-order valence-electron chi connectivity index (χ1n) is 11.4. The van der Waals surface area contributed by atoms with Gasteiger partial charge in [0.25, 0.3) is 0 Å².